The van der Waals surface area contributed by atoms with E-state index in [9.17, 15) is 8.42 Å². The average molecular weight is 441 g/mol. The van der Waals surface area contributed by atoms with Crippen LogP contribution in [0, 0.1) is 17.4 Å². The number of sulfonamides is 1. The summed E-state index contributed by atoms with van der Waals surface area (Å²) < 4.78 is 29.0. The Balaban J connectivity index is 2.33. The van der Waals surface area contributed by atoms with Gasteiger partial charge in [-0.3, -0.25) is 4.31 Å². The predicted octanol–water partition coefficient (Wildman–Crippen LogP) is 4.88. The first-order valence-corrected chi connectivity index (χ1v) is 10.3. The minimum absolute atomic E-state index is 0.423. The molecule has 0 saturated carbocycles. The number of anilines is 1. The Morgan fingerprint density at radius 2 is 1.83 bits per heavy atom. The smallest absolute Gasteiger partial charge is 0.264 e. The first kappa shape index (κ1) is 16.8. The molecule has 3 nitrogen and oxygen atoms in total. The van der Waals surface area contributed by atoms with Crippen LogP contribution in [0.25, 0.3) is 11.1 Å². The lowest BCUT2D eigenvalue weighted by Gasteiger charge is -2.33. The van der Waals surface area contributed by atoms with Crippen LogP contribution >= 0.6 is 22.6 Å². The molecule has 0 radical (unpaired) electrons. The van der Waals surface area contributed by atoms with Crippen LogP contribution in [0.3, 0.4) is 0 Å². The zero-order valence-corrected chi connectivity index (χ0v) is 16.5. The summed E-state index contributed by atoms with van der Waals surface area (Å²) in [5, 5.41) is 0. The van der Waals surface area contributed by atoms with Crippen LogP contribution in [0.2, 0.25) is 0 Å². The molecule has 1 aliphatic rings. The second-order valence-electron chi connectivity index (χ2n) is 6.05. The third-order valence-corrected chi connectivity index (χ3v) is 7.29. The monoisotopic (exact) mass is 441 g/mol. The minimum Gasteiger partial charge on any atom is -0.266 e. The van der Waals surface area contributed by atoms with Crippen LogP contribution in [-0.2, 0) is 10.0 Å². The van der Waals surface area contributed by atoms with E-state index >= 15 is 0 Å². The number of nitrogens with zero attached hydrogens (tertiary/aromatic N) is 1. The summed E-state index contributed by atoms with van der Waals surface area (Å²) in [6.45, 7) is 6.63. The Hall–Kier alpha value is -1.08. The molecule has 0 amide bonds. The average Bonchev–Trinajstić information content (AvgIpc) is 2.49. The second kappa shape index (κ2) is 6.09. The van der Waals surface area contributed by atoms with Gasteiger partial charge in [0.25, 0.3) is 10.0 Å². The van der Waals surface area contributed by atoms with E-state index in [1.807, 2.05) is 32.0 Å². The summed E-state index contributed by atoms with van der Waals surface area (Å²) in [6, 6.07) is 9.72. The Kier molecular flexibility index (Phi) is 4.44. The number of aryl methyl sites for hydroxylation is 2. The van der Waals surface area contributed by atoms with E-state index in [2.05, 4.69) is 35.6 Å². The van der Waals surface area contributed by atoms with Gasteiger partial charge in [-0.1, -0.05) is 25.0 Å². The van der Waals surface area contributed by atoms with Gasteiger partial charge in [0.1, 0.15) is 0 Å². The van der Waals surface area contributed by atoms with E-state index in [1.165, 1.54) is 0 Å². The predicted molar refractivity (Wildman–Crippen MR) is 104 cm³/mol. The van der Waals surface area contributed by atoms with Crippen molar-refractivity contribution in [2.24, 2.45) is 0 Å². The molecule has 0 saturated heterocycles. The first-order valence-electron chi connectivity index (χ1n) is 7.80. The van der Waals surface area contributed by atoms with Gasteiger partial charge >= 0.3 is 0 Å². The van der Waals surface area contributed by atoms with Gasteiger partial charge in [-0.2, -0.15) is 0 Å². The van der Waals surface area contributed by atoms with Crippen molar-refractivity contribution < 1.29 is 8.42 Å². The Bertz CT molecular complexity index is 875. The summed E-state index contributed by atoms with van der Waals surface area (Å²) >= 11 is 2.31. The van der Waals surface area contributed by atoms with Crippen LogP contribution in [-0.4, -0.2) is 15.0 Å². The van der Waals surface area contributed by atoms with Crippen molar-refractivity contribution in [2.75, 3.05) is 10.8 Å². The molecule has 0 N–H and O–H groups in total. The topological polar surface area (TPSA) is 37.4 Å². The molecule has 0 atom stereocenters. The van der Waals surface area contributed by atoms with E-state index in [-0.39, 0.29) is 0 Å². The molecule has 0 aromatic heterocycles. The minimum atomic E-state index is -3.48. The molecule has 1 heterocycles. The van der Waals surface area contributed by atoms with Crippen LogP contribution in [0.15, 0.2) is 35.2 Å². The maximum absolute atomic E-state index is 13.1. The number of unbranched alkanes of at least 4 members (excludes halogenated alkanes) is 1. The largest absolute Gasteiger partial charge is 0.266 e. The summed E-state index contributed by atoms with van der Waals surface area (Å²) in [6.07, 6.45) is 1.82. The fraction of sp³-hybridized carbons (Fsp3) is 0.333. The molecule has 122 valence electrons. The molecule has 0 fully saturated rings. The summed E-state index contributed by atoms with van der Waals surface area (Å²) in [5.74, 6) is 0. The molecule has 0 spiro atoms. The summed E-state index contributed by atoms with van der Waals surface area (Å²) in [7, 11) is -3.48. The Labute approximate surface area is 151 Å². The first-order chi connectivity index (χ1) is 10.9. The lowest BCUT2D eigenvalue weighted by atomic mass is 9.99. The summed E-state index contributed by atoms with van der Waals surface area (Å²) in [5.41, 5.74) is 4.84. The van der Waals surface area contributed by atoms with Gasteiger partial charge in [0.2, 0.25) is 0 Å². The zero-order valence-electron chi connectivity index (χ0n) is 13.6. The number of rotatable bonds is 3. The Morgan fingerprint density at radius 1 is 1.09 bits per heavy atom. The molecule has 3 rings (SSSR count). The number of fused-ring (bicyclic) bond motifs is 3. The maximum atomic E-state index is 13.1. The van der Waals surface area contributed by atoms with Gasteiger partial charge in [-0.15, -0.1) is 0 Å². The second-order valence-corrected chi connectivity index (χ2v) is 9.04. The SMILES string of the molecule is CCCCN1c2cc(C)c(I)cc2-c2cc(C)ccc2S1(=O)=O. The molecule has 0 unspecified atom stereocenters. The number of benzene rings is 2. The van der Waals surface area contributed by atoms with Gasteiger partial charge in [0, 0.05) is 21.2 Å². The highest BCUT2D eigenvalue weighted by molar-refractivity contribution is 14.1. The third-order valence-electron chi connectivity index (χ3n) is 4.25. The lowest BCUT2D eigenvalue weighted by Crippen LogP contribution is -2.35. The van der Waals surface area contributed by atoms with Gasteiger partial charge in [0.15, 0.2) is 0 Å². The van der Waals surface area contributed by atoms with Crippen molar-refractivity contribution in [2.45, 2.75) is 38.5 Å². The number of halogens is 1. The van der Waals surface area contributed by atoms with Crippen molar-refractivity contribution >= 4 is 38.3 Å². The molecule has 2 aromatic carbocycles. The van der Waals surface area contributed by atoms with Gasteiger partial charge < -0.3 is 0 Å². The third kappa shape index (κ3) is 2.78. The highest BCUT2D eigenvalue weighted by Gasteiger charge is 2.34. The highest BCUT2D eigenvalue weighted by Crippen LogP contribution is 2.44. The maximum Gasteiger partial charge on any atom is 0.264 e. The van der Waals surface area contributed by atoms with E-state index in [4.69, 9.17) is 0 Å². The molecular formula is C18H20INO2S. The van der Waals surface area contributed by atoms with Crippen molar-refractivity contribution in [3.8, 4) is 11.1 Å². The highest BCUT2D eigenvalue weighted by atomic mass is 127. The van der Waals surface area contributed by atoms with E-state index in [0.29, 0.717) is 11.4 Å². The van der Waals surface area contributed by atoms with E-state index in [1.54, 1.807) is 10.4 Å². The van der Waals surface area contributed by atoms with Crippen LogP contribution < -0.4 is 4.31 Å². The van der Waals surface area contributed by atoms with Gasteiger partial charge in [0.05, 0.1) is 10.6 Å². The van der Waals surface area contributed by atoms with Crippen LogP contribution in [0.4, 0.5) is 5.69 Å². The number of hydrogen-bond acceptors (Lipinski definition) is 2. The standard InChI is InChI=1S/C18H20INO2S/c1-4-5-8-20-17-10-13(3)16(19)11-14(17)15-9-12(2)6-7-18(15)23(20,21)22/h6-7,9-11H,4-5,8H2,1-3H3. The molecular weight excluding hydrogens is 421 g/mol. The fourth-order valence-corrected chi connectivity index (χ4v) is 5.13. The summed E-state index contributed by atoms with van der Waals surface area (Å²) in [4.78, 5) is 0.423. The zero-order chi connectivity index (χ0) is 16.8. The van der Waals surface area contributed by atoms with Gasteiger partial charge in [-0.25, -0.2) is 8.42 Å². The molecule has 0 aliphatic carbocycles. The molecule has 23 heavy (non-hydrogen) atoms. The molecule has 1 aliphatic heterocycles. The fourth-order valence-electron chi connectivity index (χ4n) is 2.96. The Morgan fingerprint density at radius 3 is 2.52 bits per heavy atom. The quantitative estimate of drug-likeness (QED) is 0.637. The van der Waals surface area contributed by atoms with Crippen LogP contribution in [0.1, 0.15) is 30.9 Å². The van der Waals surface area contributed by atoms with Crippen molar-refractivity contribution in [3.63, 3.8) is 0 Å². The van der Waals surface area contributed by atoms with Crippen molar-refractivity contribution in [1.82, 2.24) is 0 Å². The van der Waals surface area contributed by atoms with E-state index < -0.39 is 10.0 Å². The molecule has 5 heteroatoms. The number of hydrogen-bond donors (Lipinski definition) is 0. The van der Waals surface area contributed by atoms with Crippen molar-refractivity contribution in [1.29, 1.82) is 0 Å². The normalized spacial score (nSPS) is 15.2. The molecule has 0 bridgehead atoms. The van der Waals surface area contributed by atoms with E-state index in [0.717, 1.165) is 44.4 Å². The van der Waals surface area contributed by atoms with Crippen LogP contribution in [0.5, 0.6) is 0 Å². The van der Waals surface area contributed by atoms with Gasteiger partial charge in [-0.05, 0) is 72.7 Å². The molecule has 2 aromatic rings. The lowest BCUT2D eigenvalue weighted by molar-refractivity contribution is 0.588. The van der Waals surface area contributed by atoms with Crippen molar-refractivity contribution in [3.05, 3.63) is 45.0 Å².